The van der Waals surface area contributed by atoms with Gasteiger partial charge in [-0.1, -0.05) is 6.07 Å². The molecule has 5 nitrogen and oxygen atoms in total. The highest BCUT2D eigenvalue weighted by atomic mass is 32.2. The van der Waals surface area contributed by atoms with Gasteiger partial charge in [-0.2, -0.15) is 0 Å². The predicted molar refractivity (Wildman–Crippen MR) is 73.7 cm³/mol. The molecule has 0 aliphatic carbocycles. The number of nitrogens with one attached hydrogen (secondary N) is 1. The van der Waals surface area contributed by atoms with Crippen molar-refractivity contribution in [2.24, 2.45) is 11.1 Å². The van der Waals surface area contributed by atoms with Crippen molar-refractivity contribution in [1.82, 2.24) is 5.32 Å². The Morgan fingerprint density at radius 3 is 2.63 bits per heavy atom. The Kier molecular flexibility index (Phi) is 4.44. The summed E-state index contributed by atoms with van der Waals surface area (Å²) in [5.74, 6) is 0.902. The molecule has 1 saturated heterocycles. The monoisotopic (exact) mass is 284 g/mol. The van der Waals surface area contributed by atoms with Gasteiger partial charge >= 0.3 is 0 Å². The number of primary sulfonamides is 1. The van der Waals surface area contributed by atoms with Crippen LogP contribution in [0.1, 0.15) is 18.4 Å². The van der Waals surface area contributed by atoms with E-state index < -0.39 is 10.0 Å². The lowest BCUT2D eigenvalue weighted by atomic mass is 9.91. The van der Waals surface area contributed by atoms with Crippen LogP contribution < -0.4 is 15.2 Å². The van der Waals surface area contributed by atoms with Gasteiger partial charge < -0.3 is 10.1 Å². The van der Waals surface area contributed by atoms with E-state index in [-0.39, 0.29) is 4.90 Å². The first kappa shape index (κ1) is 14.3. The van der Waals surface area contributed by atoms with Gasteiger partial charge in [-0.15, -0.1) is 0 Å². The number of ether oxygens (including phenoxy) is 1. The molecular weight excluding hydrogens is 264 g/mol. The normalized spacial score (nSPS) is 17.4. The number of methoxy groups -OCH3 is 1. The van der Waals surface area contributed by atoms with Gasteiger partial charge in [0.15, 0.2) is 0 Å². The summed E-state index contributed by atoms with van der Waals surface area (Å²) in [7, 11) is -2.31. The van der Waals surface area contributed by atoms with Gasteiger partial charge in [-0.3, -0.25) is 0 Å². The molecule has 6 heteroatoms. The first-order valence-corrected chi connectivity index (χ1v) is 7.96. The van der Waals surface area contributed by atoms with Crippen molar-refractivity contribution in [3.05, 3.63) is 23.8 Å². The number of benzene rings is 1. The minimum absolute atomic E-state index is 0.0708. The van der Waals surface area contributed by atoms with E-state index in [1.165, 1.54) is 7.11 Å². The highest BCUT2D eigenvalue weighted by molar-refractivity contribution is 7.89. The number of nitrogens with two attached hydrogens (primary N) is 1. The van der Waals surface area contributed by atoms with Gasteiger partial charge in [0.25, 0.3) is 0 Å². The van der Waals surface area contributed by atoms with Crippen molar-refractivity contribution in [2.75, 3.05) is 20.2 Å². The Morgan fingerprint density at radius 2 is 2.05 bits per heavy atom. The average Bonchev–Trinajstić information content (AvgIpc) is 2.39. The molecule has 2 rings (SSSR count). The maximum Gasteiger partial charge on any atom is 0.241 e. The van der Waals surface area contributed by atoms with Gasteiger partial charge in [0.2, 0.25) is 10.0 Å². The molecule has 1 aromatic carbocycles. The summed E-state index contributed by atoms with van der Waals surface area (Å²) < 4.78 is 28.1. The van der Waals surface area contributed by atoms with E-state index in [1.54, 1.807) is 12.1 Å². The topological polar surface area (TPSA) is 81.4 Å². The Hall–Kier alpha value is -1.11. The minimum Gasteiger partial charge on any atom is -0.495 e. The first-order valence-electron chi connectivity index (χ1n) is 6.41. The molecule has 19 heavy (non-hydrogen) atoms. The molecule has 0 amide bonds. The summed E-state index contributed by atoms with van der Waals surface area (Å²) in [4.78, 5) is 0.0708. The first-order chi connectivity index (χ1) is 9.00. The number of hydrogen-bond acceptors (Lipinski definition) is 4. The molecule has 106 valence electrons. The fourth-order valence-electron chi connectivity index (χ4n) is 2.49. The van der Waals surface area contributed by atoms with E-state index in [0.29, 0.717) is 11.7 Å². The van der Waals surface area contributed by atoms with Gasteiger partial charge in [0.1, 0.15) is 10.6 Å². The molecule has 1 fully saturated rings. The van der Waals surface area contributed by atoms with Gasteiger partial charge in [0, 0.05) is 0 Å². The maximum atomic E-state index is 11.5. The molecule has 1 aliphatic rings. The Bertz CT molecular complexity index is 537. The number of hydrogen-bond donors (Lipinski definition) is 2. The second-order valence-electron chi connectivity index (χ2n) is 4.93. The average molecular weight is 284 g/mol. The molecule has 0 atom stereocenters. The van der Waals surface area contributed by atoms with Crippen molar-refractivity contribution in [2.45, 2.75) is 24.2 Å². The number of rotatable bonds is 4. The summed E-state index contributed by atoms with van der Waals surface area (Å²) >= 11 is 0. The number of sulfonamides is 1. The van der Waals surface area contributed by atoms with E-state index in [0.717, 1.165) is 37.9 Å². The van der Waals surface area contributed by atoms with Gasteiger partial charge in [-0.25, -0.2) is 13.6 Å². The van der Waals surface area contributed by atoms with Crippen LogP contribution in [0.4, 0.5) is 0 Å². The van der Waals surface area contributed by atoms with Crippen molar-refractivity contribution in [3.63, 3.8) is 0 Å². The SMILES string of the molecule is COc1ccc(CC2CCNCC2)cc1S(N)(=O)=O. The molecule has 3 N–H and O–H groups in total. The molecule has 0 radical (unpaired) electrons. The number of piperidine rings is 1. The van der Waals surface area contributed by atoms with E-state index in [4.69, 9.17) is 9.88 Å². The van der Waals surface area contributed by atoms with Crippen LogP contribution in [-0.2, 0) is 16.4 Å². The van der Waals surface area contributed by atoms with E-state index in [1.807, 2.05) is 6.07 Å². The summed E-state index contributed by atoms with van der Waals surface area (Å²) in [6.07, 6.45) is 3.13. The summed E-state index contributed by atoms with van der Waals surface area (Å²) in [5, 5.41) is 8.54. The maximum absolute atomic E-state index is 11.5. The largest absolute Gasteiger partial charge is 0.495 e. The Morgan fingerprint density at radius 1 is 1.37 bits per heavy atom. The quantitative estimate of drug-likeness (QED) is 0.860. The zero-order chi connectivity index (χ0) is 13.9. The van der Waals surface area contributed by atoms with Crippen LogP contribution in [0.5, 0.6) is 5.75 Å². The van der Waals surface area contributed by atoms with Crippen molar-refractivity contribution < 1.29 is 13.2 Å². The lowest BCUT2D eigenvalue weighted by Crippen LogP contribution is -2.28. The van der Waals surface area contributed by atoms with Crippen LogP contribution in [0.3, 0.4) is 0 Å². The molecule has 1 aliphatic heterocycles. The van der Waals surface area contributed by atoms with Crippen LogP contribution >= 0.6 is 0 Å². The standard InChI is InChI=1S/C13H20N2O3S/c1-18-12-3-2-11(9-13(12)19(14,16)17)8-10-4-6-15-7-5-10/h2-3,9-10,15H,4-8H2,1H3,(H2,14,16,17). The third kappa shape index (κ3) is 3.68. The van der Waals surface area contributed by atoms with Crippen molar-refractivity contribution in [1.29, 1.82) is 0 Å². The fraction of sp³-hybridized carbons (Fsp3) is 0.538. The third-order valence-corrected chi connectivity index (χ3v) is 4.45. The summed E-state index contributed by atoms with van der Waals surface area (Å²) in [5.41, 5.74) is 0.997. The summed E-state index contributed by atoms with van der Waals surface area (Å²) in [6.45, 7) is 2.06. The molecule has 0 aromatic heterocycles. The molecule has 0 bridgehead atoms. The predicted octanol–water partition coefficient (Wildman–Crippen LogP) is 0.885. The van der Waals surface area contributed by atoms with Crippen molar-refractivity contribution >= 4 is 10.0 Å². The molecule has 1 aromatic rings. The van der Waals surface area contributed by atoms with Crippen LogP contribution in [0, 0.1) is 5.92 Å². The van der Waals surface area contributed by atoms with Gasteiger partial charge in [-0.05, 0) is 56.0 Å². The van der Waals surface area contributed by atoms with Crippen molar-refractivity contribution in [3.8, 4) is 5.75 Å². The third-order valence-electron chi connectivity index (χ3n) is 3.52. The Balaban J connectivity index is 2.22. The highest BCUT2D eigenvalue weighted by Crippen LogP contribution is 2.26. The second-order valence-corrected chi connectivity index (χ2v) is 6.46. The lowest BCUT2D eigenvalue weighted by Gasteiger charge is -2.22. The van der Waals surface area contributed by atoms with Crippen LogP contribution in [0.25, 0.3) is 0 Å². The smallest absolute Gasteiger partial charge is 0.241 e. The molecule has 0 saturated carbocycles. The van der Waals surface area contributed by atoms with Crippen LogP contribution in [0.15, 0.2) is 23.1 Å². The lowest BCUT2D eigenvalue weighted by molar-refractivity contribution is 0.371. The molecule has 0 unspecified atom stereocenters. The Labute approximate surface area is 114 Å². The molecule has 1 heterocycles. The minimum atomic E-state index is -3.75. The zero-order valence-corrected chi connectivity index (χ0v) is 11.9. The van der Waals surface area contributed by atoms with Crippen LogP contribution in [0.2, 0.25) is 0 Å². The molecular formula is C13H20N2O3S. The second kappa shape index (κ2) is 5.90. The zero-order valence-electron chi connectivity index (χ0n) is 11.1. The van der Waals surface area contributed by atoms with E-state index in [9.17, 15) is 8.42 Å². The summed E-state index contributed by atoms with van der Waals surface area (Å²) in [6, 6.07) is 5.22. The van der Waals surface area contributed by atoms with E-state index in [2.05, 4.69) is 5.32 Å². The van der Waals surface area contributed by atoms with Gasteiger partial charge in [0.05, 0.1) is 7.11 Å². The van der Waals surface area contributed by atoms with E-state index >= 15 is 0 Å². The highest BCUT2D eigenvalue weighted by Gasteiger charge is 2.18. The fourth-order valence-corrected chi connectivity index (χ4v) is 3.24. The van der Waals surface area contributed by atoms with Crippen LogP contribution in [-0.4, -0.2) is 28.6 Å². The molecule has 0 spiro atoms.